The quantitative estimate of drug-likeness (QED) is 0.102. The van der Waals surface area contributed by atoms with Crippen LogP contribution in [0.25, 0.3) is 6.08 Å². The fourth-order valence-electron chi connectivity index (χ4n) is 7.84. The third kappa shape index (κ3) is 20.9. The van der Waals surface area contributed by atoms with E-state index in [1.807, 2.05) is 19.1 Å². The Morgan fingerprint density at radius 3 is 1.59 bits per heavy atom. The lowest BCUT2D eigenvalue weighted by molar-refractivity contribution is -0.385. The molecule has 79 heavy (non-hydrogen) atoms. The molecule has 4 aliphatic rings. The van der Waals surface area contributed by atoms with Crippen LogP contribution in [0.5, 0.6) is 0 Å². The van der Waals surface area contributed by atoms with Gasteiger partial charge >= 0.3 is 11.9 Å². The average Bonchev–Trinajstić information content (AvgIpc) is 0.746. The van der Waals surface area contributed by atoms with Crippen LogP contribution in [-0.2, 0) is 195 Å². The predicted octanol–water partition coefficient (Wildman–Crippen LogP) is 8.71. The Morgan fingerprint density at radius 1 is 0.709 bits per heavy atom. The molecule has 35 heteroatoms. The van der Waals surface area contributed by atoms with Crippen molar-refractivity contribution in [3.63, 3.8) is 0 Å². The van der Waals surface area contributed by atoms with Gasteiger partial charge in [-0.15, -0.1) is 0 Å². The number of ether oxygens (including phenoxy) is 2. The fraction of sp³-hybridized carbons (Fsp3) is 0.295. The van der Waals surface area contributed by atoms with Gasteiger partial charge in [0.25, 0.3) is 11.4 Å². The number of methoxy groups -OCH3 is 2. The number of aromatic nitrogens is 1. The molecular weight excluding hydrogens is 1360 g/mol. The molecule has 2 aliphatic carbocycles. The molecule has 0 bridgehead atoms. The first-order valence-electron chi connectivity index (χ1n) is 28.0. The van der Waals surface area contributed by atoms with E-state index in [1.54, 1.807) is 162 Å². The van der Waals surface area contributed by atoms with Crippen molar-refractivity contribution in [2.45, 2.75) is 71.6 Å². The first kappa shape index (κ1) is 58.5. The Balaban J connectivity index is -0.000000560. The molecule has 2 atom stereocenters. The summed E-state index contributed by atoms with van der Waals surface area (Å²) < 4.78 is 69.8. The van der Waals surface area contributed by atoms with Crippen LogP contribution in [0.3, 0.4) is 0 Å². The van der Waals surface area contributed by atoms with Crippen molar-refractivity contribution in [1.82, 2.24) is 10.3 Å². The van der Waals surface area contributed by atoms with Crippen LogP contribution in [0.1, 0.15) is 112 Å². The molecule has 0 saturated heterocycles. The average molecular weight is 1440 g/mol. The van der Waals surface area contributed by atoms with Crippen LogP contribution in [0.4, 0.5) is 22.9 Å². The number of hydrogen-bond donors (Lipinski definition) is 4. The predicted molar refractivity (Wildman–Crippen MR) is 374 cm³/mol. The van der Waals surface area contributed by atoms with E-state index in [2.05, 4.69) is 17.6 Å². The SMILES string of the molecule is CC1=CC(=O)CCC1.COC(=O)C1=C(C)NC(N)=C(C#N)C1c1cccc([N+](=O)[O-])c1.COC(=O)C1=C(C)Nc2nc3c(c(N)c2C1c1cccc([N+](=O)[O-])c1)CCC(C)=C3.S=S=S=S=S=S=S=S=S=S=S=S=S=S=S=S=S=S.[2HH].[2H][2H].[2H][2H].[2H][2H].[2H][2H].[2H][2H].[2H][2H]. The molecule has 3 aromatic rings. The van der Waals surface area contributed by atoms with Gasteiger partial charge in [-0.2, -0.15) is 5.26 Å². The number of ketones is 1. The minimum absolute atomic E-state index is 0. The molecule has 17 nitrogen and oxygen atoms in total. The molecule has 2 aromatic carbocycles. The number of hydrogen-bond acceptors (Lipinski definition) is 17. The summed E-state index contributed by atoms with van der Waals surface area (Å²) in [7, 11) is 29.7. The molecule has 0 spiro atoms. The van der Waals surface area contributed by atoms with Crippen molar-refractivity contribution in [3.05, 3.63) is 148 Å². The molecular formula is C44H60N8O9S18. The van der Waals surface area contributed by atoms with E-state index < -0.39 is 33.6 Å². The van der Waals surface area contributed by atoms with Crippen molar-refractivity contribution in [2.75, 3.05) is 25.3 Å². The number of nitro groups is 2. The number of nitrogens with two attached hydrogens (primary N) is 2. The summed E-state index contributed by atoms with van der Waals surface area (Å²) in [6.45, 7) is 7.45. The lowest BCUT2D eigenvalue weighted by atomic mass is 9.79. The van der Waals surface area contributed by atoms with Gasteiger partial charge in [-0.05, 0) is 76.7 Å². The molecule has 3 heterocycles. The number of esters is 2. The highest BCUT2D eigenvalue weighted by Gasteiger charge is 2.38. The number of fused-ring (bicyclic) bond motifs is 2. The van der Waals surface area contributed by atoms with E-state index >= 15 is 0 Å². The second-order valence-corrected chi connectivity index (χ2v) is 44.2. The van der Waals surface area contributed by atoms with Crippen LogP contribution in [0.2, 0.25) is 0 Å². The van der Waals surface area contributed by atoms with E-state index in [0.717, 1.165) is 43.4 Å². The minimum Gasteiger partial charge on any atom is -0.466 e. The number of carbonyl (C=O) groups excluding carboxylic acids is 3. The summed E-state index contributed by atoms with van der Waals surface area (Å²) in [5.74, 6) is -1.64. The maximum Gasteiger partial charge on any atom is 0.336 e. The van der Waals surface area contributed by atoms with Crippen LogP contribution < -0.4 is 22.1 Å². The second-order valence-electron chi connectivity index (χ2n) is 15.9. The Bertz CT molecular complexity index is 3940. The molecule has 6 N–H and O–H groups in total. The monoisotopic (exact) mass is 1430 g/mol. The zero-order valence-electron chi connectivity index (χ0n) is 53.9. The summed E-state index contributed by atoms with van der Waals surface area (Å²) in [5, 5.41) is 37.7. The van der Waals surface area contributed by atoms with Gasteiger partial charge in [0.1, 0.15) is 11.6 Å². The Morgan fingerprint density at radius 2 is 1.16 bits per heavy atom. The van der Waals surface area contributed by atoms with Crippen LogP contribution in [-0.4, -0.2) is 46.8 Å². The van der Waals surface area contributed by atoms with Crippen LogP contribution in [0, 0.1) is 31.6 Å². The molecule has 1 aromatic heterocycles. The van der Waals surface area contributed by atoms with Crippen molar-refractivity contribution >= 4 is 211 Å². The number of carbonyl (C=O) groups is 3. The molecule has 0 fully saturated rings. The van der Waals surface area contributed by atoms with Crippen molar-refractivity contribution in [3.8, 4) is 6.07 Å². The maximum atomic E-state index is 12.7. The highest BCUT2D eigenvalue weighted by atomic mass is 33.5. The smallest absolute Gasteiger partial charge is 0.336 e. The van der Waals surface area contributed by atoms with Crippen molar-refractivity contribution in [2.24, 2.45) is 5.73 Å². The summed E-state index contributed by atoms with van der Waals surface area (Å²) in [4.78, 5) is 61.5. The van der Waals surface area contributed by atoms with Gasteiger partial charge in [-0.1, -0.05) is 35.4 Å². The largest absolute Gasteiger partial charge is 0.466 e. The molecule has 0 saturated carbocycles. The minimum atomic E-state index is -0.825. The molecule has 0 amide bonds. The van der Waals surface area contributed by atoms with Gasteiger partial charge in [0.2, 0.25) is 0 Å². The first-order valence-corrected chi connectivity index (χ1v) is 44.7. The van der Waals surface area contributed by atoms with E-state index in [0.29, 0.717) is 50.9 Å². The number of allylic oxidation sites excluding steroid dienone is 6. The van der Waals surface area contributed by atoms with E-state index in [1.165, 1.54) is 73.5 Å². The fourth-order valence-corrected chi connectivity index (χ4v) is 46.3. The van der Waals surface area contributed by atoms with Crippen molar-refractivity contribution in [1.29, 1.82) is 5.26 Å². The number of pyridine rings is 1. The zero-order valence-corrected chi connectivity index (χ0v) is 56.6. The van der Waals surface area contributed by atoms with E-state index in [4.69, 9.17) is 66.1 Å². The third-order valence-electron chi connectivity index (χ3n) is 11.0. The van der Waals surface area contributed by atoms with Gasteiger partial charge in [0, 0.05) is 249 Å². The standard InChI is InChI=1S/C22H22N4O4.C15H14N4O4.C7H10O.S18.7H2/c1-11-7-8-15-16(9-11)25-21-19(20(15)23)18(17(12(2)24-21)22(27)30-3)13-5-4-6-14(10-13)26(28)29;1-8-12(15(20)23-2)13(11(7-16)14(17)18-8)9-4-3-5-10(6-9)19(21)22;1-6-3-2-4-7(8)5-6;1-3-5-7-9-11-13-15-17-18-16-14-12-10-8-6-4-2;;;;;;;/h4-6,9-10,18H,7-8H2,1-3H3,(H3,23,24,25);3-6,13,18H,17H2,1-2H3;5H,2-4H2,1H3;;7*1H/i;;;;6*1+1D;1+1. The lowest BCUT2D eigenvalue weighted by Crippen LogP contribution is -2.32. The van der Waals surface area contributed by atoms with Gasteiger partial charge in [-0.3, -0.25) is 25.0 Å². The van der Waals surface area contributed by atoms with Crippen LogP contribution >= 0.6 is 0 Å². The Labute approximate surface area is 530 Å². The number of nitrogen functional groups attached to an aromatic ring is 1. The maximum absolute atomic E-state index is 12.7. The Kier molecular flexibility index (Phi) is 26.7. The summed E-state index contributed by atoms with van der Waals surface area (Å²) in [6, 6.07) is 14.0. The van der Waals surface area contributed by atoms with Gasteiger partial charge in [0.15, 0.2) is 5.78 Å². The Hall–Kier alpha value is -3.65. The number of nitrogens with one attached hydrogen (secondary N) is 2. The number of nitriles is 1. The molecule has 7 rings (SSSR count). The molecule has 2 aliphatic heterocycles. The highest BCUT2D eigenvalue weighted by Crippen LogP contribution is 2.47. The van der Waals surface area contributed by atoms with E-state index in [-0.39, 0.29) is 29.8 Å². The molecule has 438 valence electrons. The number of non-ortho nitro benzene ring substituents is 2. The highest BCUT2D eigenvalue weighted by molar-refractivity contribution is 8.77. The number of nitrogens with zero attached hydrogens (tertiary/aromatic N) is 4. The van der Waals surface area contributed by atoms with Gasteiger partial charge in [0.05, 0.1) is 58.5 Å². The number of dihydropyridines is 1. The summed E-state index contributed by atoms with van der Waals surface area (Å²) in [6.07, 6.45) is 8.34. The zero-order chi connectivity index (χ0) is 70.0. The second kappa shape index (κ2) is 36.0. The first-order chi connectivity index (χ1) is 43.9. The summed E-state index contributed by atoms with van der Waals surface area (Å²) >= 11 is 9.49. The van der Waals surface area contributed by atoms with Gasteiger partial charge < -0.3 is 31.6 Å². The molecule has 2 unspecified atom stereocenters. The lowest BCUT2D eigenvalue weighted by Gasteiger charge is -2.32. The number of benzene rings is 2. The van der Waals surface area contributed by atoms with E-state index in [9.17, 15) is 39.9 Å². The topological polar surface area (TPSA) is 269 Å². The van der Waals surface area contributed by atoms with Crippen molar-refractivity contribution < 1.29 is 52.9 Å². The van der Waals surface area contributed by atoms with Gasteiger partial charge in [-0.25, -0.2) is 14.6 Å². The molecule has 0 radical (unpaired) electrons. The normalized spacial score (nSPS) is 16.0. The summed E-state index contributed by atoms with van der Waals surface area (Å²) in [5.41, 5.74) is 20.4. The number of anilines is 2. The number of rotatable bonds is 6. The third-order valence-corrected chi connectivity index (χ3v) is 44.4. The number of nitro benzene ring substituents is 2. The van der Waals surface area contributed by atoms with Crippen LogP contribution in [0.15, 0.2) is 99.7 Å².